The molecule has 5 rings (SSSR count). The molecule has 0 aromatic carbocycles. The maximum absolute atomic E-state index is 13.1. The molecule has 2 heterocycles. The number of aryl methyl sites for hydroxylation is 1. The number of amides is 1. The average Bonchev–Trinajstić information content (AvgIpc) is 3.26. The molecule has 4 unspecified atom stereocenters. The number of carbonyl (C=O) groups excluding carboxylic acids is 1. The second kappa shape index (κ2) is 6.12. The van der Waals surface area contributed by atoms with Gasteiger partial charge in [0, 0.05) is 26.2 Å². The zero-order valence-corrected chi connectivity index (χ0v) is 15.4. The van der Waals surface area contributed by atoms with Gasteiger partial charge in [0.2, 0.25) is 0 Å². The molecular weight excluding hydrogens is 328 g/mol. The van der Waals surface area contributed by atoms with Gasteiger partial charge < -0.3 is 15.3 Å². The Labute approximate surface area is 154 Å². The summed E-state index contributed by atoms with van der Waals surface area (Å²) in [5, 5.41) is 17.5. The lowest BCUT2D eigenvalue weighted by Gasteiger charge is -2.32. The lowest BCUT2D eigenvalue weighted by Crippen LogP contribution is -2.40. The van der Waals surface area contributed by atoms with Crippen molar-refractivity contribution in [1.82, 2.24) is 15.1 Å². The minimum absolute atomic E-state index is 0.00763. The van der Waals surface area contributed by atoms with E-state index in [0.29, 0.717) is 11.5 Å². The first-order valence-corrected chi connectivity index (χ1v) is 10.0. The molecule has 0 radical (unpaired) electrons. The molecule has 6 nitrogen and oxygen atoms in total. The zero-order valence-electron chi connectivity index (χ0n) is 15.4. The second-order valence-corrected chi connectivity index (χ2v) is 8.63. The summed E-state index contributed by atoms with van der Waals surface area (Å²) in [5.74, 6) is 3.07. The molecular formula is C20H28N4O2. The van der Waals surface area contributed by atoms with Gasteiger partial charge in [0.05, 0.1) is 12.3 Å². The highest BCUT2D eigenvalue weighted by molar-refractivity contribution is 5.99. The van der Waals surface area contributed by atoms with E-state index < -0.39 is 0 Å². The Kier molecular flexibility index (Phi) is 3.85. The molecule has 3 aliphatic carbocycles. The predicted octanol–water partition coefficient (Wildman–Crippen LogP) is 1.86. The summed E-state index contributed by atoms with van der Waals surface area (Å²) in [6.45, 7) is 1.54. The number of carbonyl (C=O) groups is 1. The molecule has 1 aliphatic heterocycles. The number of nitrogens with one attached hydrogen (secondary N) is 1. The van der Waals surface area contributed by atoms with E-state index in [2.05, 4.69) is 21.4 Å². The highest BCUT2D eigenvalue weighted by Crippen LogP contribution is 2.54. The van der Waals surface area contributed by atoms with Gasteiger partial charge in [0.15, 0.2) is 0 Å². The van der Waals surface area contributed by atoms with E-state index in [9.17, 15) is 9.90 Å². The SMILES string of the molecule is Cn1ncc(C(=O)NC2CC3=CCC4CC3C2C4)c1N1CCC(O)CC1. The second-order valence-electron chi connectivity index (χ2n) is 8.63. The number of piperidine rings is 1. The summed E-state index contributed by atoms with van der Waals surface area (Å²) in [4.78, 5) is 15.3. The van der Waals surface area contributed by atoms with Crippen molar-refractivity contribution < 1.29 is 9.90 Å². The molecule has 2 N–H and O–H groups in total. The van der Waals surface area contributed by atoms with Gasteiger partial charge in [-0.1, -0.05) is 11.6 Å². The topological polar surface area (TPSA) is 70.4 Å². The van der Waals surface area contributed by atoms with Gasteiger partial charge in [0.1, 0.15) is 11.4 Å². The van der Waals surface area contributed by atoms with E-state index in [1.165, 1.54) is 19.3 Å². The number of aromatic nitrogens is 2. The van der Waals surface area contributed by atoms with Crippen LogP contribution >= 0.6 is 0 Å². The first-order chi connectivity index (χ1) is 12.6. The Morgan fingerprint density at radius 2 is 2.12 bits per heavy atom. The smallest absolute Gasteiger partial charge is 0.256 e. The molecule has 4 atom stereocenters. The van der Waals surface area contributed by atoms with Crippen LogP contribution in [-0.2, 0) is 7.05 Å². The lowest BCUT2D eigenvalue weighted by molar-refractivity contribution is 0.0926. The molecule has 1 aromatic rings. The van der Waals surface area contributed by atoms with Gasteiger partial charge in [-0.2, -0.15) is 5.10 Å². The van der Waals surface area contributed by atoms with Crippen LogP contribution < -0.4 is 10.2 Å². The summed E-state index contributed by atoms with van der Waals surface area (Å²) in [5.41, 5.74) is 2.26. The number of rotatable bonds is 3. The van der Waals surface area contributed by atoms with Crippen LogP contribution in [0.25, 0.3) is 0 Å². The number of nitrogens with zero attached hydrogens (tertiary/aromatic N) is 3. The summed E-state index contributed by atoms with van der Waals surface area (Å²) in [6, 6.07) is 0.278. The fourth-order valence-corrected chi connectivity index (χ4v) is 5.80. The van der Waals surface area contributed by atoms with Gasteiger partial charge in [-0.3, -0.25) is 9.48 Å². The third kappa shape index (κ3) is 2.57. The third-order valence-corrected chi connectivity index (χ3v) is 7.10. The Balaban J connectivity index is 1.34. The highest BCUT2D eigenvalue weighted by Gasteiger charge is 2.48. The molecule has 1 amide bonds. The fourth-order valence-electron chi connectivity index (χ4n) is 5.80. The summed E-state index contributed by atoms with van der Waals surface area (Å²) in [7, 11) is 1.89. The van der Waals surface area contributed by atoms with E-state index in [0.717, 1.165) is 50.0 Å². The Morgan fingerprint density at radius 1 is 1.31 bits per heavy atom. The highest BCUT2D eigenvalue weighted by atomic mass is 16.3. The minimum Gasteiger partial charge on any atom is -0.393 e. The van der Waals surface area contributed by atoms with Crippen molar-refractivity contribution in [2.45, 2.75) is 50.7 Å². The standard InChI is InChI=1S/C20H28N4O2/c1-23-20(24-6-4-14(25)5-7-24)17(11-21-23)19(26)22-18-10-13-3-2-12-8-15(13)16(18)9-12/h3,11-12,14-16,18,25H,2,4-10H2,1H3,(H,22,26). The summed E-state index contributed by atoms with van der Waals surface area (Å²) >= 11 is 0. The van der Waals surface area contributed by atoms with Crippen molar-refractivity contribution in [3.05, 3.63) is 23.4 Å². The summed E-state index contributed by atoms with van der Waals surface area (Å²) in [6.07, 6.45) is 10.3. The maximum atomic E-state index is 13.1. The third-order valence-electron chi connectivity index (χ3n) is 7.10. The molecule has 1 saturated heterocycles. The van der Waals surface area contributed by atoms with Gasteiger partial charge >= 0.3 is 0 Å². The van der Waals surface area contributed by atoms with E-state index in [-0.39, 0.29) is 18.1 Å². The zero-order chi connectivity index (χ0) is 17.8. The van der Waals surface area contributed by atoms with Gasteiger partial charge in [-0.15, -0.1) is 0 Å². The van der Waals surface area contributed by atoms with Crippen LogP contribution in [0.3, 0.4) is 0 Å². The molecule has 1 aromatic heterocycles. The molecule has 2 bridgehead atoms. The molecule has 2 saturated carbocycles. The van der Waals surface area contributed by atoms with Crippen LogP contribution in [0.1, 0.15) is 48.9 Å². The average molecular weight is 356 g/mol. The first-order valence-electron chi connectivity index (χ1n) is 10.0. The van der Waals surface area contributed by atoms with Crippen LogP contribution in [0.4, 0.5) is 5.82 Å². The lowest BCUT2D eigenvalue weighted by atomic mass is 9.89. The Hall–Kier alpha value is -1.82. The van der Waals surface area contributed by atoms with Crippen molar-refractivity contribution in [2.75, 3.05) is 18.0 Å². The van der Waals surface area contributed by atoms with Gasteiger partial charge in [-0.25, -0.2) is 0 Å². The van der Waals surface area contributed by atoms with Crippen LogP contribution in [0.15, 0.2) is 17.8 Å². The number of anilines is 1. The molecule has 26 heavy (non-hydrogen) atoms. The monoisotopic (exact) mass is 356 g/mol. The first kappa shape index (κ1) is 16.4. The predicted molar refractivity (Wildman–Crippen MR) is 98.9 cm³/mol. The van der Waals surface area contributed by atoms with Crippen LogP contribution in [0, 0.1) is 17.8 Å². The van der Waals surface area contributed by atoms with Crippen LogP contribution in [0.2, 0.25) is 0 Å². The number of allylic oxidation sites excluding steroid dienone is 1. The van der Waals surface area contributed by atoms with Crippen LogP contribution in [0.5, 0.6) is 0 Å². The molecule has 4 aliphatic rings. The van der Waals surface area contributed by atoms with E-state index in [1.807, 2.05) is 7.05 Å². The number of aliphatic hydroxyl groups excluding tert-OH is 1. The quantitative estimate of drug-likeness (QED) is 0.811. The molecule has 6 heteroatoms. The Bertz CT molecular complexity index is 747. The number of fused-ring (bicyclic) bond motifs is 1. The fraction of sp³-hybridized carbons (Fsp3) is 0.700. The number of hydrogen-bond donors (Lipinski definition) is 2. The van der Waals surface area contributed by atoms with E-state index >= 15 is 0 Å². The van der Waals surface area contributed by atoms with Crippen molar-refractivity contribution in [3.8, 4) is 0 Å². The van der Waals surface area contributed by atoms with E-state index in [1.54, 1.807) is 16.5 Å². The molecule has 0 spiro atoms. The Morgan fingerprint density at radius 3 is 2.92 bits per heavy atom. The van der Waals surface area contributed by atoms with Gasteiger partial charge in [0.25, 0.3) is 5.91 Å². The van der Waals surface area contributed by atoms with Crippen molar-refractivity contribution in [3.63, 3.8) is 0 Å². The van der Waals surface area contributed by atoms with Crippen molar-refractivity contribution in [1.29, 1.82) is 0 Å². The largest absolute Gasteiger partial charge is 0.393 e. The van der Waals surface area contributed by atoms with Crippen molar-refractivity contribution >= 4 is 11.7 Å². The van der Waals surface area contributed by atoms with Gasteiger partial charge in [-0.05, 0) is 56.3 Å². The normalized spacial score (nSPS) is 33.5. The molecule has 140 valence electrons. The number of hydrogen-bond acceptors (Lipinski definition) is 4. The maximum Gasteiger partial charge on any atom is 0.256 e. The molecule has 3 fully saturated rings. The minimum atomic E-state index is -0.224. The van der Waals surface area contributed by atoms with Crippen molar-refractivity contribution in [2.24, 2.45) is 24.8 Å². The van der Waals surface area contributed by atoms with Crippen LogP contribution in [-0.4, -0.2) is 46.0 Å². The number of aliphatic hydroxyl groups is 1. The summed E-state index contributed by atoms with van der Waals surface area (Å²) < 4.78 is 1.80. The van der Waals surface area contributed by atoms with E-state index in [4.69, 9.17) is 0 Å².